The summed E-state index contributed by atoms with van der Waals surface area (Å²) in [7, 11) is 0. The van der Waals surface area contributed by atoms with Gasteiger partial charge in [-0.05, 0) is 6.07 Å². The predicted octanol–water partition coefficient (Wildman–Crippen LogP) is 0.553. The minimum atomic E-state index is -0.692. The molecule has 0 aromatic carbocycles. The summed E-state index contributed by atoms with van der Waals surface area (Å²) in [6, 6.07) is 3.31. The van der Waals surface area contributed by atoms with Gasteiger partial charge >= 0.3 is 5.97 Å². The van der Waals surface area contributed by atoms with Crippen molar-refractivity contribution in [3.63, 3.8) is 0 Å². The van der Waals surface area contributed by atoms with Crippen molar-refractivity contribution in [2.45, 2.75) is 0 Å². The number of carbonyl (C=O) groups excluding carboxylic acids is 1. The highest BCUT2D eigenvalue weighted by Gasteiger charge is 1.97. The lowest BCUT2D eigenvalue weighted by molar-refractivity contribution is -0.128. The molecule has 0 unspecified atom stereocenters. The van der Waals surface area contributed by atoms with Crippen LogP contribution in [0.25, 0.3) is 0 Å². The van der Waals surface area contributed by atoms with Crippen molar-refractivity contribution in [1.82, 2.24) is 4.98 Å². The van der Waals surface area contributed by atoms with Gasteiger partial charge in [-0.15, -0.1) is 6.42 Å². The number of terminal acetylenes is 1. The molecule has 1 rings (SSSR count). The molecule has 3 nitrogen and oxygen atoms in total. The van der Waals surface area contributed by atoms with Crippen LogP contribution in [0.4, 0.5) is 0 Å². The van der Waals surface area contributed by atoms with Crippen LogP contribution in [0.15, 0.2) is 18.3 Å². The molecular weight excluding hydrogens is 130 g/mol. The Bertz CT molecular complexity index is 256. The molecule has 0 aliphatic carbocycles. The van der Waals surface area contributed by atoms with Gasteiger partial charge in [0.25, 0.3) is 0 Å². The van der Waals surface area contributed by atoms with E-state index >= 15 is 0 Å². The zero-order valence-electron chi connectivity index (χ0n) is 5.13. The van der Waals surface area contributed by atoms with Crippen molar-refractivity contribution in [1.29, 1.82) is 0 Å². The minimum Gasteiger partial charge on any atom is -0.400 e. The normalized spacial score (nSPS) is 8.30. The monoisotopic (exact) mass is 135 g/mol. The highest BCUT2D eigenvalue weighted by molar-refractivity contribution is 5.89. The zero-order chi connectivity index (χ0) is 7.40. The largest absolute Gasteiger partial charge is 0.400 e. The first kappa shape index (κ1) is 6.43. The third kappa shape index (κ3) is 1.39. The van der Waals surface area contributed by atoms with Crippen molar-refractivity contribution in [3.05, 3.63) is 18.3 Å². The van der Waals surface area contributed by atoms with E-state index in [0.29, 0.717) is 5.88 Å². The Hall–Kier alpha value is -1.69. The fourth-order valence-electron chi connectivity index (χ4n) is 0.507. The number of ether oxygens (including phenoxy) is 1. The molecule has 0 amide bonds. The van der Waals surface area contributed by atoms with Gasteiger partial charge < -0.3 is 9.72 Å². The van der Waals surface area contributed by atoms with Crippen molar-refractivity contribution < 1.29 is 9.53 Å². The summed E-state index contributed by atoms with van der Waals surface area (Å²) < 4.78 is 4.57. The zero-order valence-corrected chi connectivity index (χ0v) is 5.13. The highest BCUT2D eigenvalue weighted by atomic mass is 16.5. The van der Waals surface area contributed by atoms with E-state index in [1.807, 2.05) is 5.92 Å². The molecule has 1 aromatic rings. The van der Waals surface area contributed by atoms with Gasteiger partial charge in [-0.25, -0.2) is 4.79 Å². The summed E-state index contributed by atoms with van der Waals surface area (Å²) in [6.45, 7) is 0. The number of rotatable bonds is 1. The van der Waals surface area contributed by atoms with Crippen LogP contribution in [-0.4, -0.2) is 11.0 Å². The number of carbonyl (C=O) groups is 1. The molecule has 0 bridgehead atoms. The van der Waals surface area contributed by atoms with Crippen LogP contribution >= 0.6 is 0 Å². The Kier molecular flexibility index (Phi) is 1.76. The lowest BCUT2D eigenvalue weighted by atomic mass is 10.6. The molecule has 0 saturated carbocycles. The van der Waals surface area contributed by atoms with Crippen molar-refractivity contribution in [2.24, 2.45) is 0 Å². The molecule has 0 aliphatic heterocycles. The molecule has 0 radical (unpaired) electrons. The maximum atomic E-state index is 10.4. The van der Waals surface area contributed by atoms with Gasteiger partial charge in [-0.3, -0.25) is 0 Å². The van der Waals surface area contributed by atoms with E-state index in [2.05, 4.69) is 9.72 Å². The first-order valence-electron chi connectivity index (χ1n) is 2.65. The summed E-state index contributed by atoms with van der Waals surface area (Å²) in [6.07, 6.45) is 6.39. The van der Waals surface area contributed by atoms with E-state index in [4.69, 9.17) is 6.42 Å². The molecule has 0 saturated heterocycles. The van der Waals surface area contributed by atoms with Gasteiger partial charge in [0, 0.05) is 18.2 Å². The highest BCUT2D eigenvalue weighted by Crippen LogP contribution is 2.03. The van der Waals surface area contributed by atoms with Crippen LogP contribution in [-0.2, 0) is 4.79 Å². The Morgan fingerprint density at radius 3 is 3.10 bits per heavy atom. The lowest BCUT2D eigenvalue weighted by Gasteiger charge is -1.92. The van der Waals surface area contributed by atoms with Gasteiger partial charge in [0.05, 0.1) is 0 Å². The Labute approximate surface area is 58.0 Å². The van der Waals surface area contributed by atoms with Crippen LogP contribution in [0.3, 0.4) is 0 Å². The van der Waals surface area contributed by atoms with Crippen LogP contribution in [0, 0.1) is 12.3 Å². The Morgan fingerprint density at radius 2 is 2.60 bits per heavy atom. The van der Waals surface area contributed by atoms with Crippen LogP contribution in [0.1, 0.15) is 0 Å². The minimum absolute atomic E-state index is 0.364. The van der Waals surface area contributed by atoms with Crippen molar-refractivity contribution in [3.8, 4) is 18.2 Å². The number of nitrogens with one attached hydrogen (secondary N) is 1. The average Bonchev–Trinajstić information content (AvgIpc) is 2.40. The van der Waals surface area contributed by atoms with Crippen molar-refractivity contribution >= 4 is 5.97 Å². The predicted molar refractivity (Wildman–Crippen MR) is 35.3 cm³/mol. The Morgan fingerprint density at radius 1 is 1.80 bits per heavy atom. The number of aromatic nitrogens is 1. The van der Waals surface area contributed by atoms with E-state index in [9.17, 15) is 4.79 Å². The molecule has 50 valence electrons. The van der Waals surface area contributed by atoms with E-state index in [0.717, 1.165) is 0 Å². The SMILES string of the molecule is C#CC(=O)Oc1ccc[nH]1. The van der Waals surface area contributed by atoms with Gasteiger partial charge in [-0.1, -0.05) is 0 Å². The third-order valence-electron chi connectivity index (χ3n) is 0.890. The molecular formula is C7H5NO2. The number of esters is 1. The van der Waals surface area contributed by atoms with Gasteiger partial charge in [0.1, 0.15) is 0 Å². The summed E-state index contributed by atoms with van der Waals surface area (Å²) >= 11 is 0. The van der Waals surface area contributed by atoms with Gasteiger partial charge in [-0.2, -0.15) is 0 Å². The third-order valence-corrected chi connectivity index (χ3v) is 0.890. The van der Waals surface area contributed by atoms with Gasteiger partial charge in [0.15, 0.2) is 0 Å². The molecule has 10 heavy (non-hydrogen) atoms. The van der Waals surface area contributed by atoms with Gasteiger partial charge in [0.2, 0.25) is 5.88 Å². The van der Waals surface area contributed by atoms with E-state index < -0.39 is 5.97 Å². The molecule has 0 fully saturated rings. The molecule has 1 aromatic heterocycles. The summed E-state index contributed by atoms with van der Waals surface area (Å²) in [4.78, 5) is 13.1. The molecule has 1 N–H and O–H groups in total. The number of H-pyrrole nitrogens is 1. The maximum Gasteiger partial charge on any atom is 0.390 e. The maximum absolute atomic E-state index is 10.4. The first-order valence-corrected chi connectivity index (χ1v) is 2.65. The molecule has 3 heteroatoms. The van der Waals surface area contributed by atoms with Crippen LogP contribution in [0.2, 0.25) is 0 Å². The van der Waals surface area contributed by atoms with Crippen molar-refractivity contribution in [2.75, 3.05) is 0 Å². The number of aromatic amines is 1. The second-order valence-electron chi connectivity index (χ2n) is 1.57. The summed E-state index contributed by atoms with van der Waals surface area (Å²) in [5.41, 5.74) is 0. The second kappa shape index (κ2) is 2.74. The fourth-order valence-corrected chi connectivity index (χ4v) is 0.507. The standard InChI is InChI=1S/C7H5NO2/c1-2-7(9)10-6-4-3-5-8-6/h1,3-5,8H. The molecule has 0 atom stereocenters. The smallest absolute Gasteiger partial charge is 0.390 e. The van der Waals surface area contributed by atoms with E-state index in [-0.39, 0.29) is 0 Å². The summed E-state index contributed by atoms with van der Waals surface area (Å²) in [5.74, 6) is 1.49. The van der Waals surface area contributed by atoms with Crippen LogP contribution in [0.5, 0.6) is 5.88 Å². The number of hydrogen-bond acceptors (Lipinski definition) is 2. The molecule has 0 spiro atoms. The quantitative estimate of drug-likeness (QED) is 0.347. The fraction of sp³-hybridized carbons (Fsp3) is 0. The van der Waals surface area contributed by atoms with Crippen LogP contribution < -0.4 is 4.74 Å². The lowest BCUT2D eigenvalue weighted by Crippen LogP contribution is -2.03. The topological polar surface area (TPSA) is 42.1 Å². The molecule has 1 heterocycles. The number of hydrogen-bond donors (Lipinski definition) is 1. The Balaban J connectivity index is 2.59. The summed E-state index contributed by atoms with van der Waals surface area (Å²) in [5, 5.41) is 0. The van der Waals surface area contributed by atoms with E-state index in [1.54, 1.807) is 18.3 Å². The first-order chi connectivity index (χ1) is 4.83. The second-order valence-corrected chi connectivity index (χ2v) is 1.57. The average molecular weight is 135 g/mol. The van der Waals surface area contributed by atoms with E-state index in [1.165, 1.54) is 0 Å². The molecule has 0 aliphatic rings.